The minimum Gasteiger partial charge on any atom is -0.478 e. The maximum atomic E-state index is 11.9. The SMILES string of the molecule is CCCN(CC(=O)N(C)C)c1ccc(C(=O)O)cc1C. The number of hydrogen-bond donors (Lipinski definition) is 1. The summed E-state index contributed by atoms with van der Waals surface area (Å²) in [6.45, 7) is 4.97. The summed E-state index contributed by atoms with van der Waals surface area (Å²) in [7, 11) is 3.46. The molecule has 1 aromatic carbocycles. The van der Waals surface area contributed by atoms with Gasteiger partial charge in [0.1, 0.15) is 0 Å². The summed E-state index contributed by atoms with van der Waals surface area (Å²) in [5, 5.41) is 8.99. The summed E-state index contributed by atoms with van der Waals surface area (Å²) in [6.07, 6.45) is 0.917. The summed E-state index contributed by atoms with van der Waals surface area (Å²) in [5.74, 6) is -0.911. The van der Waals surface area contributed by atoms with Crippen LogP contribution in [0.2, 0.25) is 0 Å². The van der Waals surface area contributed by atoms with Gasteiger partial charge in [0.2, 0.25) is 5.91 Å². The molecule has 0 heterocycles. The van der Waals surface area contributed by atoms with E-state index in [1.54, 1.807) is 37.2 Å². The van der Waals surface area contributed by atoms with E-state index >= 15 is 0 Å². The maximum Gasteiger partial charge on any atom is 0.335 e. The van der Waals surface area contributed by atoms with Crippen LogP contribution in [0.5, 0.6) is 0 Å². The van der Waals surface area contributed by atoms with Gasteiger partial charge in [-0.3, -0.25) is 4.79 Å². The molecule has 0 unspecified atom stereocenters. The van der Waals surface area contributed by atoms with Gasteiger partial charge in [-0.25, -0.2) is 4.79 Å². The quantitative estimate of drug-likeness (QED) is 0.864. The van der Waals surface area contributed by atoms with Gasteiger partial charge >= 0.3 is 5.97 Å². The van der Waals surface area contributed by atoms with Gasteiger partial charge in [-0.1, -0.05) is 6.92 Å². The van der Waals surface area contributed by atoms with E-state index in [0.29, 0.717) is 6.54 Å². The number of nitrogens with zero attached hydrogens (tertiary/aromatic N) is 2. The van der Waals surface area contributed by atoms with Crippen LogP contribution in [-0.2, 0) is 4.79 Å². The molecule has 0 aliphatic rings. The summed E-state index contributed by atoms with van der Waals surface area (Å²) >= 11 is 0. The second-order valence-electron chi connectivity index (χ2n) is 5.02. The monoisotopic (exact) mass is 278 g/mol. The Kier molecular flexibility index (Phi) is 5.55. The third kappa shape index (κ3) is 3.98. The van der Waals surface area contributed by atoms with Crippen LogP contribution in [0, 0.1) is 6.92 Å². The van der Waals surface area contributed by atoms with E-state index in [9.17, 15) is 9.59 Å². The lowest BCUT2D eigenvalue weighted by Gasteiger charge is -2.27. The number of carboxylic acid groups (broad SMARTS) is 1. The van der Waals surface area contributed by atoms with Crippen molar-refractivity contribution in [3.05, 3.63) is 29.3 Å². The first-order valence-corrected chi connectivity index (χ1v) is 6.65. The highest BCUT2D eigenvalue weighted by Gasteiger charge is 2.15. The molecule has 0 aromatic heterocycles. The van der Waals surface area contributed by atoms with Crippen molar-refractivity contribution in [1.29, 1.82) is 0 Å². The molecule has 0 saturated heterocycles. The Labute approximate surface area is 119 Å². The van der Waals surface area contributed by atoms with Crippen molar-refractivity contribution in [2.24, 2.45) is 0 Å². The lowest BCUT2D eigenvalue weighted by Crippen LogP contribution is -2.37. The van der Waals surface area contributed by atoms with Crippen molar-refractivity contribution in [2.45, 2.75) is 20.3 Å². The van der Waals surface area contributed by atoms with Crippen LogP contribution in [0.1, 0.15) is 29.3 Å². The summed E-state index contributed by atoms with van der Waals surface area (Å²) in [4.78, 5) is 26.4. The Morgan fingerprint density at radius 3 is 2.35 bits per heavy atom. The van der Waals surface area contributed by atoms with Gasteiger partial charge < -0.3 is 14.9 Å². The second-order valence-corrected chi connectivity index (χ2v) is 5.02. The molecule has 20 heavy (non-hydrogen) atoms. The molecule has 0 aliphatic heterocycles. The first kappa shape index (κ1) is 16.0. The predicted molar refractivity (Wildman–Crippen MR) is 79.3 cm³/mol. The molecule has 0 spiro atoms. The molecule has 0 atom stereocenters. The summed E-state index contributed by atoms with van der Waals surface area (Å²) in [5.41, 5.74) is 2.04. The van der Waals surface area contributed by atoms with Gasteiger partial charge in [-0.15, -0.1) is 0 Å². The zero-order chi connectivity index (χ0) is 15.3. The number of aryl methyl sites for hydroxylation is 1. The molecule has 5 heteroatoms. The number of hydrogen-bond acceptors (Lipinski definition) is 3. The zero-order valence-corrected chi connectivity index (χ0v) is 12.5. The Bertz CT molecular complexity index is 498. The average Bonchev–Trinajstić information content (AvgIpc) is 2.37. The van der Waals surface area contributed by atoms with Crippen LogP contribution in [0.4, 0.5) is 5.69 Å². The molecule has 1 amide bonds. The molecular weight excluding hydrogens is 256 g/mol. The minimum atomic E-state index is -0.939. The van der Waals surface area contributed by atoms with Crippen LogP contribution >= 0.6 is 0 Å². The van der Waals surface area contributed by atoms with E-state index in [2.05, 4.69) is 0 Å². The first-order valence-electron chi connectivity index (χ1n) is 6.65. The van der Waals surface area contributed by atoms with E-state index in [1.807, 2.05) is 18.7 Å². The number of carbonyl (C=O) groups is 2. The number of amides is 1. The standard InChI is InChI=1S/C15H22N2O3/c1-5-8-17(10-14(18)16(3)4)13-7-6-12(15(19)20)9-11(13)2/h6-7,9H,5,8,10H2,1-4H3,(H,19,20). The zero-order valence-electron chi connectivity index (χ0n) is 12.5. The molecule has 5 nitrogen and oxygen atoms in total. The van der Waals surface area contributed by atoms with Gasteiger partial charge in [0, 0.05) is 26.3 Å². The number of benzene rings is 1. The molecule has 0 radical (unpaired) electrons. The first-order chi connectivity index (χ1) is 9.36. The Balaban J connectivity index is 3.02. The molecule has 110 valence electrons. The highest BCUT2D eigenvalue weighted by Crippen LogP contribution is 2.21. The third-order valence-corrected chi connectivity index (χ3v) is 3.10. The van der Waals surface area contributed by atoms with E-state index in [0.717, 1.165) is 24.2 Å². The number of rotatable bonds is 6. The fourth-order valence-corrected chi connectivity index (χ4v) is 2.00. The largest absolute Gasteiger partial charge is 0.478 e. The van der Waals surface area contributed by atoms with E-state index in [4.69, 9.17) is 5.11 Å². The van der Waals surface area contributed by atoms with Crippen LogP contribution in [0.3, 0.4) is 0 Å². The Morgan fingerprint density at radius 1 is 1.25 bits per heavy atom. The van der Waals surface area contributed by atoms with Gasteiger partial charge in [0.25, 0.3) is 0 Å². The number of likely N-dealkylation sites (N-methyl/N-ethyl adjacent to an activating group) is 1. The molecule has 1 aromatic rings. The lowest BCUT2D eigenvalue weighted by atomic mass is 10.1. The van der Waals surface area contributed by atoms with E-state index in [1.165, 1.54) is 0 Å². The molecular formula is C15H22N2O3. The van der Waals surface area contributed by atoms with Crippen LogP contribution in [0.25, 0.3) is 0 Å². The van der Waals surface area contributed by atoms with Crippen molar-refractivity contribution in [2.75, 3.05) is 32.1 Å². The second kappa shape index (κ2) is 6.93. The highest BCUT2D eigenvalue weighted by atomic mass is 16.4. The van der Waals surface area contributed by atoms with Crippen LogP contribution in [-0.4, -0.2) is 49.1 Å². The van der Waals surface area contributed by atoms with Crippen molar-refractivity contribution in [1.82, 2.24) is 4.90 Å². The molecule has 1 N–H and O–H groups in total. The number of carbonyl (C=O) groups excluding carboxylic acids is 1. The van der Waals surface area contributed by atoms with Crippen molar-refractivity contribution in [3.8, 4) is 0 Å². The van der Waals surface area contributed by atoms with Gasteiger partial charge in [0.15, 0.2) is 0 Å². The Hall–Kier alpha value is -2.04. The predicted octanol–water partition coefficient (Wildman–Crippen LogP) is 2.00. The van der Waals surface area contributed by atoms with Crippen molar-refractivity contribution >= 4 is 17.6 Å². The summed E-state index contributed by atoms with van der Waals surface area (Å²) in [6, 6.07) is 4.99. The van der Waals surface area contributed by atoms with Gasteiger partial charge in [0.05, 0.1) is 12.1 Å². The summed E-state index contributed by atoms with van der Waals surface area (Å²) < 4.78 is 0. The van der Waals surface area contributed by atoms with Crippen molar-refractivity contribution < 1.29 is 14.7 Å². The highest BCUT2D eigenvalue weighted by molar-refractivity contribution is 5.89. The smallest absolute Gasteiger partial charge is 0.335 e. The fraction of sp³-hybridized carbons (Fsp3) is 0.467. The molecule has 0 bridgehead atoms. The third-order valence-electron chi connectivity index (χ3n) is 3.10. The van der Waals surface area contributed by atoms with Gasteiger partial charge in [-0.05, 0) is 37.1 Å². The fourth-order valence-electron chi connectivity index (χ4n) is 2.00. The van der Waals surface area contributed by atoms with Gasteiger partial charge in [-0.2, -0.15) is 0 Å². The topological polar surface area (TPSA) is 60.9 Å². The Morgan fingerprint density at radius 2 is 1.90 bits per heavy atom. The van der Waals surface area contributed by atoms with Crippen molar-refractivity contribution in [3.63, 3.8) is 0 Å². The maximum absolute atomic E-state index is 11.9. The number of aromatic carboxylic acids is 1. The van der Waals surface area contributed by atoms with E-state index in [-0.39, 0.29) is 11.5 Å². The lowest BCUT2D eigenvalue weighted by molar-refractivity contribution is -0.127. The minimum absolute atomic E-state index is 0.0279. The normalized spacial score (nSPS) is 10.2. The number of anilines is 1. The number of carboxylic acids is 1. The average molecular weight is 278 g/mol. The van der Waals surface area contributed by atoms with Crippen LogP contribution < -0.4 is 4.90 Å². The molecule has 1 rings (SSSR count). The molecule has 0 saturated carbocycles. The van der Waals surface area contributed by atoms with Crippen LogP contribution in [0.15, 0.2) is 18.2 Å². The van der Waals surface area contributed by atoms with E-state index < -0.39 is 5.97 Å². The molecule has 0 aliphatic carbocycles. The molecule has 0 fully saturated rings.